The first-order valence-electron chi connectivity index (χ1n) is 6.89. The van der Waals surface area contributed by atoms with Crippen molar-refractivity contribution in [3.05, 3.63) is 63.0 Å². The Kier molecular flexibility index (Phi) is 4.18. The SMILES string of the molecule is COc1c(Cl)cc(Cl)cc1[C@@H]1C(C#N)=C(N)Oc2cc(O)ccc21. The van der Waals surface area contributed by atoms with Crippen molar-refractivity contribution in [1.29, 1.82) is 5.26 Å². The molecule has 24 heavy (non-hydrogen) atoms. The van der Waals surface area contributed by atoms with E-state index in [1.54, 1.807) is 18.2 Å². The fourth-order valence-electron chi connectivity index (χ4n) is 2.77. The second kappa shape index (κ2) is 6.16. The smallest absolute Gasteiger partial charge is 0.205 e. The highest BCUT2D eigenvalue weighted by Gasteiger charge is 2.33. The summed E-state index contributed by atoms with van der Waals surface area (Å²) in [5.74, 6) is 0.156. The van der Waals surface area contributed by atoms with Crippen molar-refractivity contribution in [1.82, 2.24) is 0 Å². The number of benzene rings is 2. The predicted octanol–water partition coefficient (Wildman–Crippen LogP) is 3.93. The average molecular weight is 363 g/mol. The average Bonchev–Trinajstić information content (AvgIpc) is 2.52. The normalized spacial score (nSPS) is 16.2. The van der Waals surface area contributed by atoms with Gasteiger partial charge in [-0.2, -0.15) is 5.26 Å². The molecule has 5 nitrogen and oxygen atoms in total. The topological polar surface area (TPSA) is 88.5 Å². The van der Waals surface area contributed by atoms with E-state index >= 15 is 0 Å². The van der Waals surface area contributed by atoms with Gasteiger partial charge in [-0.05, 0) is 18.2 Å². The van der Waals surface area contributed by atoms with Crippen LogP contribution in [0, 0.1) is 11.3 Å². The third kappa shape index (κ3) is 2.60. The van der Waals surface area contributed by atoms with Crippen molar-refractivity contribution in [2.45, 2.75) is 5.92 Å². The molecule has 1 heterocycles. The zero-order valence-corrected chi connectivity index (χ0v) is 14.0. The largest absolute Gasteiger partial charge is 0.508 e. The number of phenolic OH excluding ortho intramolecular Hbond substituents is 1. The molecule has 3 rings (SSSR count). The molecule has 7 heteroatoms. The van der Waals surface area contributed by atoms with Crippen molar-refractivity contribution in [2.75, 3.05) is 7.11 Å². The van der Waals surface area contributed by atoms with Crippen molar-refractivity contribution >= 4 is 23.2 Å². The molecule has 3 N–H and O–H groups in total. The van der Waals surface area contributed by atoms with Gasteiger partial charge in [0.2, 0.25) is 5.88 Å². The molecule has 122 valence electrons. The van der Waals surface area contributed by atoms with Gasteiger partial charge in [0.05, 0.1) is 18.1 Å². The number of rotatable bonds is 2. The van der Waals surface area contributed by atoms with E-state index < -0.39 is 5.92 Å². The summed E-state index contributed by atoms with van der Waals surface area (Å²) in [6.45, 7) is 0. The van der Waals surface area contributed by atoms with Gasteiger partial charge in [0.25, 0.3) is 0 Å². The quantitative estimate of drug-likeness (QED) is 0.844. The van der Waals surface area contributed by atoms with Gasteiger partial charge < -0.3 is 20.3 Å². The molecule has 0 radical (unpaired) electrons. The van der Waals surface area contributed by atoms with Gasteiger partial charge >= 0.3 is 0 Å². The van der Waals surface area contributed by atoms with Crippen LogP contribution in [-0.2, 0) is 0 Å². The molecule has 1 aliphatic rings. The minimum Gasteiger partial charge on any atom is -0.508 e. The van der Waals surface area contributed by atoms with Gasteiger partial charge in [-0.15, -0.1) is 0 Å². The summed E-state index contributed by atoms with van der Waals surface area (Å²) in [4.78, 5) is 0. The Bertz CT molecular complexity index is 903. The van der Waals surface area contributed by atoms with E-state index in [-0.39, 0.29) is 17.2 Å². The number of hydrogen-bond acceptors (Lipinski definition) is 5. The summed E-state index contributed by atoms with van der Waals surface area (Å²) in [6, 6.07) is 9.90. The van der Waals surface area contributed by atoms with Crippen molar-refractivity contribution in [2.24, 2.45) is 5.73 Å². The molecular formula is C17H12Cl2N2O3. The lowest BCUT2D eigenvalue weighted by atomic mass is 9.83. The number of aromatic hydroxyl groups is 1. The highest BCUT2D eigenvalue weighted by Crippen LogP contribution is 2.48. The summed E-state index contributed by atoms with van der Waals surface area (Å²) in [6.07, 6.45) is 0. The third-order valence-corrected chi connectivity index (χ3v) is 4.25. The van der Waals surface area contributed by atoms with E-state index in [1.165, 1.54) is 19.2 Å². The Morgan fingerprint density at radius 1 is 1.25 bits per heavy atom. The predicted molar refractivity (Wildman–Crippen MR) is 90.4 cm³/mol. The lowest BCUT2D eigenvalue weighted by Gasteiger charge is -2.27. The summed E-state index contributed by atoms with van der Waals surface area (Å²) < 4.78 is 10.9. The second-order valence-corrected chi connectivity index (χ2v) is 6.00. The Morgan fingerprint density at radius 3 is 2.67 bits per heavy atom. The van der Waals surface area contributed by atoms with Crippen molar-refractivity contribution in [3.8, 4) is 23.3 Å². The maximum atomic E-state index is 9.67. The van der Waals surface area contributed by atoms with Gasteiger partial charge in [0.1, 0.15) is 28.9 Å². The molecular weight excluding hydrogens is 351 g/mol. The van der Waals surface area contributed by atoms with E-state index in [9.17, 15) is 10.4 Å². The number of phenols is 1. The van der Waals surface area contributed by atoms with Gasteiger partial charge in [0, 0.05) is 22.2 Å². The number of fused-ring (bicyclic) bond motifs is 1. The first-order valence-corrected chi connectivity index (χ1v) is 7.65. The van der Waals surface area contributed by atoms with Gasteiger partial charge in [-0.1, -0.05) is 29.3 Å². The maximum absolute atomic E-state index is 9.67. The van der Waals surface area contributed by atoms with Gasteiger partial charge in [0.15, 0.2) is 0 Å². The number of hydrogen-bond donors (Lipinski definition) is 2. The monoisotopic (exact) mass is 362 g/mol. The first kappa shape index (κ1) is 16.3. The first-order chi connectivity index (χ1) is 11.5. The summed E-state index contributed by atoms with van der Waals surface area (Å²) in [5, 5.41) is 19.9. The highest BCUT2D eigenvalue weighted by atomic mass is 35.5. The molecule has 2 aromatic rings. The van der Waals surface area contributed by atoms with Crippen LogP contribution >= 0.6 is 23.2 Å². The summed E-state index contributed by atoms with van der Waals surface area (Å²) in [5.41, 5.74) is 7.35. The van der Waals surface area contributed by atoms with Crippen LogP contribution in [-0.4, -0.2) is 12.2 Å². The van der Waals surface area contributed by atoms with Crippen LogP contribution in [0.4, 0.5) is 0 Å². The van der Waals surface area contributed by atoms with Crippen LogP contribution in [0.25, 0.3) is 0 Å². The lowest BCUT2D eigenvalue weighted by Crippen LogP contribution is -2.21. The van der Waals surface area contributed by atoms with E-state index in [1.807, 2.05) is 0 Å². The Morgan fingerprint density at radius 2 is 2.00 bits per heavy atom. The zero-order valence-electron chi connectivity index (χ0n) is 12.5. The van der Waals surface area contributed by atoms with Gasteiger partial charge in [-0.25, -0.2) is 0 Å². The fourth-order valence-corrected chi connectivity index (χ4v) is 3.36. The number of allylic oxidation sites excluding steroid dienone is 1. The molecule has 2 aromatic carbocycles. The molecule has 0 saturated carbocycles. The fraction of sp³-hybridized carbons (Fsp3) is 0.118. The molecule has 0 fully saturated rings. The summed E-state index contributed by atoms with van der Waals surface area (Å²) in [7, 11) is 1.48. The van der Waals surface area contributed by atoms with Crippen LogP contribution in [0.15, 0.2) is 41.8 Å². The van der Waals surface area contributed by atoms with E-state index in [2.05, 4.69) is 6.07 Å². The molecule has 0 aromatic heterocycles. The van der Waals surface area contributed by atoms with E-state index in [4.69, 9.17) is 38.4 Å². The lowest BCUT2D eigenvalue weighted by molar-refractivity contribution is 0.383. The number of nitrogens with zero attached hydrogens (tertiary/aromatic N) is 1. The Balaban J connectivity index is 2.32. The number of nitrogens with two attached hydrogens (primary N) is 1. The van der Waals surface area contributed by atoms with Gasteiger partial charge in [-0.3, -0.25) is 0 Å². The Labute approximate surface area is 148 Å². The van der Waals surface area contributed by atoms with Crippen LogP contribution in [0.1, 0.15) is 17.0 Å². The molecule has 1 atom stereocenters. The standard InChI is InChI=1S/C17H12Cl2N2O3/c1-23-16-11(4-8(18)5-13(16)19)15-10-3-2-9(22)6-14(10)24-17(21)12(15)7-20/h2-6,15,22H,21H2,1H3/t15-/m1/s1. The zero-order chi connectivity index (χ0) is 17.4. The third-order valence-electron chi connectivity index (χ3n) is 3.75. The van der Waals surface area contributed by atoms with Crippen LogP contribution in [0.2, 0.25) is 10.0 Å². The molecule has 0 bridgehead atoms. The molecule has 1 aliphatic heterocycles. The number of halogens is 2. The minimum atomic E-state index is -0.578. The minimum absolute atomic E-state index is 0.0248. The number of ether oxygens (including phenoxy) is 2. The molecule has 0 saturated heterocycles. The highest BCUT2D eigenvalue weighted by molar-refractivity contribution is 6.35. The van der Waals surface area contributed by atoms with E-state index in [0.717, 1.165) is 0 Å². The molecule has 0 unspecified atom stereocenters. The number of nitriles is 1. The summed E-state index contributed by atoms with van der Waals surface area (Å²) >= 11 is 12.4. The molecule has 0 amide bonds. The van der Waals surface area contributed by atoms with Crippen LogP contribution < -0.4 is 15.2 Å². The van der Waals surface area contributed by atoms with Crippen LogP contribution in [0.5, 0.6) is 17.2 Å². The molecule has 0 aliphatic carbocycles. The maximum Gasteiger partial charge on any atom is 0.205 e. The second-order valence-electron chi connectivity index (χ2n) is 5.16. The van der Waals surface area contributed by atoms with Crippen molar-refractivity contribution < 1.29 is 14.6 Å². The molecule has 0 spiro atoms. The van der Waals surface area contributed by atoms with Crippen molar-refractivity contribution in [3.63, 3.8) is 0 Å². The van der Waals surface area contributed by atoms with Crippen LogP contribution in [0.3, 0.4) is 0 Å². The van der Waals surface area contributed by atoms with E-state index in [0.29, 0.717) is 32.7 Å². The Hall–Kier alpha value is -2.55. The number of methoxy groups -OCH3 is 1.